The Labute approximate surface area is 406 Å². The molecule has 4 aliphatic heterocycles. The van der Waals surface area contributed by atoms with Crippen LogP contribution in [0.3, 0.4) is 0 Å². The Kier molecular flexibility index (Phi) is 18.0. The normalized spacial score (nSPS) is 26.0. The molecule has 3 N–H and O–H groups in total. The summed E-state index contributed by atoms with van der Waals surface area (Å²) in [5.41, 5.74) is 8.79. The number of nitrogens with zero attached hydrogens (tertiary/aromatic N) is 8. The molecule has 5 aliphatic rings. The minimum atomic E-state index is -2.62. The number of hydrogen-bond donors (Lipinski definition) is 2. The van der Waals surface area contributed by atoms with E-state index in [1.165, 1.54) is 44.1 Å². The van der Waals surface area contributed by atoms with Crippen LogP contribution in [0.5, 0.6) is 0 Å². The molecule has 1 aliphatic carbocycles. The van der Waals surface area contributed by atoms with E-state index >= 15 is 0 Å². The number of rotatable bonds is 14. The highest BCUT2D eigenvalue weighted by Crippen LogP contribution is 2.44. The lowest BCUT2D eigenvalue weighted by Crippen LogP contribution is -2.45. The second-order valence-corrected chi connectivity index (χ2v) is 20.5. The smallest absolute Gasteiger partial charge is 0.248 e. The number of carbonyl (C=O) groups is 1. The van der Waals surface area contributed by atoms with Crippen molar-refractivity contribution in [1.82, 2.24) is 44.6 Å². The average molecular weight is 949 g/mol. The van der Waals surface area contributed by atoms with Gasteiger partial charge < -0.3 is 20.2 Å². The van der Waals surface area contributed by atoms with Crippen LogP contribution < -0.4 is 11.1 Å². The molecule has 9 rings (SSSR count). The first-order chi connectivity index (χ1) is 30.8. The number of aromatic nitrogens is 6. The number of alkyl halides is 2. The van der Waals surface area contributed by atoms with E-state index in [1.54, 1.807) is 0 Å². The zero-order valence-electron chi connectivity index (χ0n) is 40.3. The van der Waals surface area contributed by atoms with Gasteiger partial charge >= 0.3 is 0 Å². The highest BCUT2D eigenvalue weighted by atomic mass is 32.1. The average Bonchev–Trinajstić information content (AvgIpc) is 4.00. The molecule has 15 heteroatoms. The fourth-order valence-electron chi connectivity index (χ4n) is 12.1. The van der Waals surface area contributed by atoms with Gasteiger partial charge in [0.1, 0.15) is 23.3 Å². The number of fused-ring (bicyclic) bond motifs is 4. The molecule has 6 heterocycles. The molecule has 66 heavy (non-hydrogen) atoms. The van der Waals surface area contributed by atoms with Gasteiger partial charge in [-0.3, -0.25) is 14.6 Å². The van der Waals surface area contributed by atoms with Gasteiger partial charge in [-0.15, -0.1) is 20.4 Å². The number of carbonyl (C=O) groups excluding carboxylic acids is 1. The summed E-state index contributed by atoms with van der Waals surface area (Å²) in [6.45, 7) is 15.0. The standard InChI is InChI=1S/C29H41F2N5O.C22H33N5.2H2S/c1-19(2)27-34-33-20(3)36(27)25-17-23-9-10-24(18-25)35(23)16-13-26(21-7-5-4-6-8-21)32-28(37)22-11-14-29(30,31)15-12-22;1-15(2)22-25-24-16(3)27(22)20-13-18-9-10-19(14-20)26(18)12-11-21(23)17-7-5-4-6-8-17;;/h4-8,19,22-26H,9-18H2,1-3H3,(H,32,37);4-8,15,18-21H,9-14,23H2,1-3H3;2*1H2/t23?,24?,25?,26-;18?,19?,20?,21-;;/m00../s1. The third-order valence-electron chi connectivity index (χ3n) is 15.5. The molecule has 1 saturated carbocycles. The van der Waals surface area contributed by atoms with E-state index in [9.17, 15) is 13.6 Å². The number of halogens is 2. The van der Waals surface area contributed by atoms with Crippen LogP contribution in [-0.2, 0) is 4.79 Å². The Morgan fingerprint density at radius 3 is 1.47 bits per heavy atom. The number of nitrogens with two attached hydrogens (primary N) is 1. The first kappa shape index (κ1) is 52.0. The van der Waals surface area contributed by atoms with Crippen LogP contribution in [0.1, 0.15) is 188 Å². The molecule has 0 radical (unpaired) electrons. The van der Waals surface area contributed by atoms with E-state index in [0.717, 1.165) is 67.6 Å². The predicted molar refractivity (Wildman–Crippen MR) is 269 cm³/mol. The van der Waals surface area contributed by atoms with Gasteiger partial charge in [0.05, 0.1) is 6.04 Å². The molecule has 4 bridgehead atoms. The van der Waals surface area contributed by atoms with E-state index < -0.39 is 5.92 Å². The van der Waals surface area contributed by atoms with E-state index in [2.05, 4.69) is 129 Å². The van der Waals surface area contributed by atoms with Gasteiger partial charge in [-0.05, 0) is 102 Å². The van der Waals surface area contributed by atoms with Crippen molar-refractivity contribution in [2.24, 2.45) is 11.7 Å². The maximum absolute atomic E-state index is 13.6. The number of hydrogen-bond acceptors (Lipinski definition) is 8. The van der Waals surface area contributed by atoms with Crippen molar-refractivity contribution in [2.75, 3.05) is 13.1 Å². The van der Waals surface area contributed by atoms with Crippen molar-refractivity contribution in [2.45, 2.75) is 198 Å². The van der Waals surface area contributed by atoms with Crippen LogP contribution in [0.15, 0.2) is 60.7 Å². The number of amides is 1. The molecule has 1 amide bonds. The van der Waals surface area contributed by atoms with Crippen LogP contribution in [0.2, 0.25) is 0 Å². The third kappa shape index (κ3) is 11.9. The molecule has 4 unspecified atom stereocenters. The van der Waals surface area contributed by atoms with Gasteiger partial charge in [0, 0.05) is 86.0 Å². The number of piperidine rings is 2. The van der Waals surface area contributed by atoms with Gasteiger partial charge in [-0.25, -0.2) is 8.78 Å². The van der Waals surface area contributed by atoms with Crippen LogP contribution in [0.4, 0.5) is 8.78 Å². The molecular weight excluding hydrogens is 871 g/mol. The van der Waals surface area contributed by atoms with E-state index in [0.29, 0.717) is 48.1 Å². The van der Waals surface area contributed by atoms with Gasteiger partial charge in [0.25, 0.3) is 0 Å². The number of nitrogens with one attached hydrogen (secondary N) is 1. The SMILES string of the molecule is Cc1nnc(C(C)C)n1C1CC2CCC(C1)N2CC[C@H](N)c1ccccc1.Cc1nnc(C(C)C)n1C1CC2CCC(C1)N2CC[C@H](NC(=O)C1CCC(F)(F)CC1)c1ccccc1.S.S. The van der Waals surface area contributed by atoms with Gasteiger partial charge in [0.2, 0.25) is 11.8 Å². The number of benzene rings is 2. The Morgan fingerprint density at radius 1 is 0.636 bits per heavy atom. The van der Waals surface area contributed by atoms with Crippen LogP contribution in [0, 0.1) is 19.8 Å². The Bertz CT molecular complexity index is 2100. The highest BCUT2D eigenvalue weighted by molar-refractivity contribution is 7.59. The van der Waals surface area contributed by atoms with Crippen molar-refractivity contribution in [3.8, 4) is 0 Å². The first-order valence-electron chi connectivity index (χ1n) is 24.6. The lowest BCUT2D eigenvalue weighted by atomic mass is 9.86. The quantitative estimate of drug-likeness (QED) is 0.128. The Morgan fingerprint density at radius 2 is 1.05 bits per heavy atom. The number of aryl methyl sites for hydroxylation is 2. The summed E-state index contributed by atoms with van der Waals surface area (Å²) in [5, 5.41) is 20.9. The van der Waals surface area contributed by atoms with Gasteiger partial charge in [-0.2, -0.15) is 27.0 Å². The summed E-state index contributed by atoms with van der Waals surface area (Å²) in [7, 11) is 0. The largest absolute Gasteiger partial charge is 0.349 e. The molecule has 2 aromatic carbocycles. The molecular formula is C51H78F2N10OS2. The lowest BCUT2D eigenvalue weighted by Gasteiger charge is -2.40. The van der Waals surface area contributed by atoms with Gasteiger partial charge in [-0.1, -0.05) is 88.4 Å². The maximum Gasteiger partial charge on any atom is 0.248 e. The van der Waals surface area contributed by atoms with Crippen LogP contribution >= 0.6 is 27.0 Å². The highest BCUT2D eigenvalue weighted by Gasteiger charge is 2.44. The summed E-state index contributed by atoms with van der Waals surface area (Å²) in [6.07, 6.45) is 11.7. The zero-order valence-corrected chi connectivity index (χ0v) is 42.3. The van der Waals surface area contributed by atoms with Crippen molar-refractivity contribution in [3.63, 3.8) is 0 Å². The monoisotopic (exact) mass is 949 g/mol. The van der Waals surface area contributed by atoms with Crippen molar-refractivity contribution < 1.29 is 13.6 Å². The predicted octanol–water partition coefficient (Wildman–Crippen LogP) is 10.1. The van der Waals surface area contributed by atoms with Crippen molar-refractivity contribution >= 4 is 32.9 Å². The minimum Gasteiger partial charge on any atom is -0.349 e. The summed E-state index contributed by atoms with van der Waals surface area (Å²) >= 11 is 0. The molecule has 2 aromatic heterocycles. The summed E-state index contributed by atoms with van der Waals surface area (Å²) in [5.74, 6) is 2.07. The Hall–Kier alpha value is -3.37. The molecule has 5 fully saturated rings. The third-order valence-corrected chi connectivity index (χ3v) is 15.5. The van der Waals surface area contributed by atoms with Gasteiger partial charge in [0.15, 0.2) is 0 Å². The van der Waals surface area contributed by atoms with Crippen molar-refractivity contribution in [3.05, 3.63) is 95.1 Å². The summed E-state index contributed by atoms with van der Waals surface area (Å²) in [4.78, 5) is 18.5. The fourth-order valence-corrected chi connectivity index (χ4v) is 12.1. The molecule has 11 nitrogen and oxygen atoms in total. The summed E-state index contributed by atoms with van der Waals surface area (Å²) in [6, 6.07) is 24.0. The molecule has 4 aromatic rings. The first-order valence-corrected chi connectivity index (χ1v) is 24.6. The second-order valence-electron chi connectivity index (χ2n) is 20.5. The van der Waals surface area contributed by atoms with Crippen LogP contribution in [0.25, 0.3) is 0 Å². The molecule has 4 saturated heterocycles. The topological polar surface area (TPSA) is 123 Å². The van der Waals surface area contributed by atoms with Crippen molar-refractivity contribution in [1.29, 1.82) is 0 Å². The van der Waals surface area contributed by atoms with E-state index in [-0.39, 0.29) is 76.6 Å². The Balaban J connectivity index is 0.000000221. The lowest BCUT2D eigenvalue weighted by molar-refractivity contribution is -0.130. The fraction of sp³-hybridized carbons (Fsp3) is 0.667. The molecule has 0 spiro atoms. The zero-order chi connectivity index (χ0) is 45.1. The van der Waals surface area contributed by atoms with E-state index in [4.69, 9.17) is 5.73 Å². The maximum atomic E-state index is 13.6. The van der Waals surface area contributed by atoms with E-state index in [1.807, 2.05) is 18.2 Å². The summed E-state index contributed by atoms with van der Waals surface area (Å²) < 4.78 is 32.1. The second kappa shape index (κ2) is 22.8. The molecule has 6 atom stereocenters. The molecule has 364 valence electrons. The van der Waals surface area contributed by atoms with Crippen LogP contribution in [-0.4, -0.2) is 88.4 Å². The minimum absolute atomic E-state index is 0.